The van der Waals surface area contributed by atoms with Crippen molar-refractivity contribution < 1.29 is 14.7 Å². The largest absolute Gasteiger partial charge is 0.481 e. The summed E-state index contributed by atoms with van der Waals surface area (Å²) in [7, 11) is 0. The Morgan fingerprint density at radius 3 is 2.48 bits per heavy atom. The van der Waals surface area contributed by atoms with E-state index in [2.05, 4.69) is 12.1 Å². The van der Waals surface area contributed by atoms with E-state index < -0.39 is 5.97 Å². The zero-order valence-corrected chi connectivity index (χ0v) is 11.9. The van der Waals surface area contributed by atoms with E-state index in [1.807, 2.05) is 23.1 Å². The van der Waals surface area contributed by atoms with Crippen LogP contribution in [0, 0.1) is 5.92 Å². The average Bonchev–Trinajstić information content (AvgIpc) is 2.92. The monoisotopic (exact) mass is 288 g/mol. The highest BCUT2D eigenvalue weighted by Gasteiger charge is 2.36. The molecule has 1 N–H and O–H groups in total. The number of rotatable bonds is 3. The first kappa shape index (κ1) is 13.9. The molecule has 2 aliphatic rings. The second-order valence-electron chi connectivity index (χ2n) is 5.99. The lowest BCUT2D eigenvalue weighted by atomic mass is 9.97. The minimum absolute atomic E-state index is 0.0649. The van der Waals surface area contributed by atoms with Crippen LogP contribution >= 0.6 is 0 Å². The van der Waals surface area contributed by atoms with Crippen LogP contribution in [-0.4, -0.2) is 53.1 Å². The predicted octanol–water partition coefficient (Wildman–Crippen LogP) is 2.00. The van der Waals surface area contributed by atoms with Crippen molar-refractivity contribution in [2.45, 2.75) is 18.8 Å². The molecule has 1 aromatic rings. The number of carboxylic acids is 1. The first-order valence-corrected chi connectivity index (χ1v) is 7.44. The van der Waals surface area contributed by atoms with Gasteiger partial charge in [0.25, 0.3) is 0 Å². The number of nitrogens with zero attached hydrogens (tertiary/aromatic N) is 2. The minimum atomic E-state index is -0.780. The van der Waals surface area contributed by atoms with E-state index in [9.17, 15) is 9.59 Å². The lowest BCUT2D eigenvalue weighted by molar-refractivity contribution is -0.139. The molecule has 0 aliphatic carbocycles. The summed E-state index contributed by atoms with van der Waals surface area (Å²) >= 11 is 0. The normalized spacial score (nSPS) is 22.2. The Balaban J connectivity index is 1.51. The van der Waals surface area contributed by atoms with Crippen molar-refractivity contribution >= 4 is 12.0 Å². The van der Waals surface area contributed by atoms with E-state index in [-0.39, 0.29) is 18.4 Å². The molecular weight excluding hydrogens is 268 g/mol. The summed E-state index contributed by atoms with van der Waals surface area (Å²) in [5.74, 6) is -0.234. The Hall–Kier alpha value is -2.04. The molecule has 2 aliphatic heterocycles. The van der Waals surface area contributed by atoms with Crippen LogP contribution in [0.1, 0.15) is 24.3 Å². The first-order chi connectivity index (χ1) is 10.1. The fourth-order valence-electron chi connectivity index (χ4n) is 3.23. The van der Waals surface area contributed by atoms with Crippen LogP contribution < -0.4 is 0 Å². The zero-order valence-electron chi connectivity index (χ0n) is 11.9. The van der Waals surface area contributed by atoms with E-state index in [0.717, 1.165) is 19.5 Å². The molecule has 21 heavy (non-hydrogen) atoms. The minimum Gasteiger partial charge on any atom is -0.481 e. The van der Waals surface area contributed by atoms with E-state index in [1.54, 1.807) is 4.90 Å². The highest BCUT2D eigenvalue weighted by molar-refractivity contribution is 5.76. The Kier molecular flexibility index (Phi) is 3.82. The van der Waals surface area contributed by atoms with E-state index in [0.29, 0.717) is 19.0 Å². The molecule has 2 heterocycles. The summed E-state index contributed by atoms with van der Waals surface area (Å²) in [6, 6.07) is 10.4. The van der Waals surface area contributed by atoms with Crippen LogP contribution in [0.4, 0.5) is 4.79 Å². The van der Waals surface area contributed by atoms with Gasteiger partial charge in [-0.25, -0.2) is 4.79 Å². The number of hydrogen-bond acceptors (Lipinski definition) is 2. The Labute approximate surface area is 124 Å². The Bertz CT molecular complexity index is 526. The summed E-state index contributed by atoms with van der Waals surface area (Å²) in [5, 5.41) is 8.73. The number of likely N-dealkylation sites (tertiary alicyclic amines) is 2. The third kappa shape index (κ3) is 3.01. The van der Waals surface area contributed by atoms with Gasteiger partial charge in [0, 0.05) is 38.0 Å². The maximum absolute atomic E-state index is 12.3. The molecule has 0 bridgehead atoms. The lowest BCUT2D eigenvalue weighted by Crippen LogP contribution is -2.54. The van der Waals surface area contributed by atoms with Crippen molar-refractivity contribution in [3.63, 3.8) is 0 Å². The van der Waals surface area contributed by atoms with Gasteiger partial charge in [0.1, 0.15) is 0 Å². The van der Waals surface area contributed by atoms with Crippen molar-refractivity contribution in [3.05, 3.63) is 35.9 Å². The quantitative estimate of drug-likeness (QED) is 0.925. The molecule has 2 amide bonds. The third-order valence-electron chi connectivity index (χ3n) is 4.42. The van der Waals surface area contributed by atoms with Gasteiger partial charge in [-0.15, -0.1) is 0 Å². The van der Waals surface area contributed by atoms with E-state index in [4.69, 9.17) is 5.11 Å². The number of carbonyl (C=O) groups excluding carboxylic acids is 1. The highest BCUT2D eigenvalue weighted by atomic mass is 16.4. The fourth-order valence-corrected chi connectivity index (χ4v) is 3.23. The fraction of sp³-hybridized carbons (Fsp3) is 0.500. The summed E-state index contributed by atoms with van der Waals surface area (Å²) in [6.07, 6.45) is 1.17. The molecule has 2 saturated heterocycles. The van der Waals surface area contributed by atoms with E-state index in [1.165, 1.54) is 5.56 Å². The summed E-state index contributed by atoms with van der Waals surface area (Å²) in [4.78, 5) is 26.6. The molecule has 0 spiro atoms. The summed E-state index contributed by atoms with van der Waals surface area (Å²) < 4.78 is 0. The SMILES string of the molecule is O=C(O)CC1CN(C(=O)N2CCC(c3ccccc3)C2)C1. The maximum Gasteiger partial charge on any atom is 0.320 e. The van der Waals surface area contributed by atoms with Gasteiger partial charge >= 0.3 is 12.0 Å². The topological polar surface area (TPSA) is 60.9 Å². The van der Waals surface area contributed by atoms with Gasteiger partial charge in [-0.1, -0.05) is 30.3 Å². The van der Waals surface area contributed by atoms with Gasteiger partial charge < -0.3 is 14.9 Å². The van der Waals surface area contributed by atoms with Crippen molar-refractivity contribution in [3.8, 4) is 0 Å². The maximum atomic E-state index is 12.3. The molecule has 0 saturated carbocycles. The second kappa shape index (κ2) is 5.76. The van der Waals surface area contributed by atoms with Gasteiger partial charge in [-0.3, -0.25) is 4.79 Å². The molecule has 3 rings (SSSR count). The van der Waals surface area contributed by atoms with Crippen molar-refractivity contribution in [1.82, 2.24) is 9.80 Å². The smallest absolute Gasteiger partial charge is 0.320 e. The number of urea groups is 1. The Morgan fingerprint density at radius 2 is 1.81 bits per heavy atom. The highest BCUT2D eigenvalue weighted by Crippen LogP contribution is 2.29. The van der Waals surface area contributed by atoms with Crippen LogP contribution in [0.15, 0.2) is 30.3 Å². The van der Waals surface area contributed by atoms with E-state index >= 15 is 0 Å². The van der Waals surface area contributed by atoms with Gasteiger partial charge in [0.2, 0.25) is 0 Å². The molecule has 0 radical (unpaired) electrons. The summed E-state index contributed by atoms with van der Waals surface area (Å²) in [6.45, 7) is 2.72. The van der Waals surface area contributed by atoms with Crippen LogP contribution in [-0.2, 0) is 4.79 Å². The van der Waals surface area contributed by atoms with Gasteiger partial charge in [0.05, 0.1) is 6.42 Å². The molecule has 112 valence electrons. The number of hydrogen-bond donors (Lipinski definition) is 1. The molecule has 1 unspecified atom stereocenters. The molecule has 0 aromatic heterocycles. The number of carbonyl (C=O) groups is 2. The van der Waals surface area contributed by atoms with Crippen LogP contribution in [0.25, 0.3) is 0 Å². The van der Waals surface area contributed by atoms with Crippen LogP contribution in [0.5, 0.6) is 0 Å². The van der Waals surface area contributed by atoms with Crippen LogP contribution in [0.3, 0.4) is 0 Å². The van der Waals surface area contributed by atoms with Gasteiger partial charge in [0.15, 0.2) is 0 Å². The number of carboxylic acid groups (broad SMARTS) is 1. The summed E-state index contributed by atoms with van der Waals surface area (Å²) in [5.41, 5.74) is 1.29. The van der Waals surface area contributed by atoms with Crippen molar-refractivity contribution in [1.29, 1.82) is 0 Å². The second-order valence-corrected chi connectivity index (χ2v) is 5.99. The molecule has 5 heteroatoms. The molecule has 1 atom stereocenters. The third-order valence-corrected chi connectivity index (χ3v) is 4.42. The molecule has 1 aromatic carbocycles. The standard InChI is InChI=1S/C16H20N2O3/c19-15(20)8-12-9-18(10-12)16(21)17-7-6-14(11-17)13-4-2-1-3-5-13/h1-5,12,14H,6-11H2,(H,19,20). The van der Waals surface area contributed by atoms with Crippen molar-refractivity contribution in [2.75, 3.05) is 26.2 Å². The molecular formula is C16H20N2O3. The number of benzene rings is 1. The zero-order chi connectivity index (χ0) is 14.8. The Morgan fingerprint density at radius 1 is 1.10 bits per heavy atom. The lowest BCUT2D eigenvalue weighted by Gasteiger charge is -2.40. The van der Waals surface area contributed by atoms with Gasteiger partial charge in [-0.05, 0) is 12.0 Å². The first-order valence-electron chi connectivity index (χ1n) is 7.44. The predicted molar refractivity (Wildman–Crippen MR) is 78.1 cm³/mol. The van der Waals surface area contributed by atoms with Crippen LogP contribution in [0.2, 0.25) is 0 Å². The van der Waals surface area contributed by atoms with Gasteiger partial charge in [-0.2, -0.15) is 0 Å². The number of amides is 2. The molecule has 2 fully saturated rings. The number of aliphatic carboxylic acids is 1. The average molecular weight is 288 g/mol. The van der Waals surface area contributed by atoms with Crippen molar-refractivity contribution in [2.24, 2.45) is 5.92 Å². The molecule has 5 nitrogen and oxygen atoms in total.